The lowest BCUT2D eigenvalue weighted by Gasteiger charge is -2.20. The van der Waals surface area contributed by atoms with Crippen LogP contribution in [0.3, 0.4) is 0 Å². The molecule has 0 aromatic carbocycles. The highest BCUT2D eigenvalue weighted by atomic mass is 16.5. The van der Waals surface area contributed by atoms with Crippen LogP contribution in [0.2, 0.25) is 0 Å². The van der Waals surface area contributed by atoms with E-state index in [2.05, 4.69) is 10.4 Å². The minimum absolute atomic E-state index is 0.207. The number of rotatable bonds is 4. The maximum Gasteiger partial charge on any atom is 0.269 e. The van der Waals surface area contributed by atoms with Crippen molar-refractivity contribution >= 4 is 5.91 Å². The van der Waals surface area contributed by atoms with E-state index in [1.54, 1.807) is 17.8 Å². The summed E-state index contributed by atoms with van der Waals surface area (Å²) in [6.07, 6.45) is 1.35. The molecule has 100 valence electrons. The fraction of sp³-hybridized carbons (Fsp3) is 0.667. The minimum Gasteiger partial charge on any atom is -0.386 e. The molecule has 1 aromatic rings. The Morgan fingerprint density at radius 2 is 2.50 bits per heavy atom. The zero-order valence-corrected chi connectivity index (χ0v) is 10.8. The maximum absolute atomic E-state index is 12.0. The molecule has 6 heteroatoms. The summed E-state index contributed by atoms with van der Waals surface area (Å²) in [4.78, 5) is 12.0. The molecular weight excluding hydrogens is 234 g/mol. The molecule has 2 N–H and O–H groups in total. The molecule has 18 heavy (non-hydrogen) atoms. The summed E-state index contributed by atoms with van der Waals surface area (Å²) in [7, 11) is 1.74. The van der Waals surface area contributed by atoms with E-state index in [-0.39, 0.29) is 19.1 Å². The van der Waals surface area contributed by atoms with E-state index in [1.165, 1.54) is 0 Å². The van der Waals surface area contributed by atoms with Crippen molar-refractivity contribution in [2.45, 2.75) is 25.4 Å². The molecule has 0 radical (unpaired) electrons. The fourth-order valence-electron chi connectivity index (χ4n) is 1.98. The molecule has 0 spiro atoms. The second-order valence-electron chi connectivity index (χ2n) is 4.71. The van der Waals surface area contributed by atoms with Gasteiger partial charge in [-0.3, -0.25) is 9.48 Å². The van der Waals surface area contributed by atoms with E-state index in [0.717, 1.165) is 12.1 Å². The van der Waals surface area contributed by atoms with Crippen LogP contribution >= 0.6 is 0 Å². The van der Waals surface area contributed by atoms with Crippen LogP contribution in [0.15, 0.2) is 6.07 Å². The summed E-state index contributed by atoms with van der Waals surface area (Å²) in [5.74, 6) is -0.218. The fourth-order valence-corrected chi connectivity index (χ4v) is 1.98. The Morgan fingerprint density at radius 1 is 1.72 bits per heavy atom. The van der Waals surface area contributed by atoms with Gasteiger partial charge in [-0.05, 0) is 12.5 Å². The molecule has 1 aromatic heterocycles. The molecule has 1 aliphatic heterocycles. The smallest absolute Gasteiger partial charge is 0.269 e. The van der Waals surface area contributed by atoms with Gasteiger partial charge >= 0.3 is 0 Å². The number of amides is 1. The first kappa shape index (κ1) is 13.0. The van der Waals surface area contributed by atoms with E-state index in [9.17, 15) is 9.90 Å². The normalized spacial score (nSPS) is 23.3. The van der Waals surface area contributed by atoms with Crippen molar-refractivity contribution in [1.82, 2.24) is 15.1 Å². The minimum atomic E-state index is -0.929. The van der Waals surface area contributed by atoms with Crippen LogP contribution in [0.1, 0.15) is 29.5 Å². The van der Waals surface area contributed by atoms with E-state index >= 15 is 0 Å². The molecule has 0 saturated carbocycles. The number of carbonyl (C=O) groups is 1. The Morgan fingerprint density at radius 3 is 3.06 bits per heavy atom. The summed E-state index contributed by atoms with van der Waals surface area (Å²) in [6, 6.07) is 1.77. The zero-order chi connectivity index (χ0) is 13.2. The van der Waals surface area contributed by atoms with Gasteiger partial charge in [0.2, 0.25) is 0 Å². The molecule has 0 bridgehead atoms. The predicted octanol–water partition coefficient (Wildman–Crippen LogP) is -0.136. The van der Waals surface area contributed by atoms with E-state index in [1.807, 2.05) is 6.92 Å². The Labute approximate surface area is 106 Å². The third-order valence-corrected chi connectivity index (χ3v) is 3.19. The molecule has 0 aliphatic carbocycles. The van der Waals surface area contributed by atoms with Gasteiger partial charge in [0.15, 0.2) is 0 Å². The van der Waals surface area contributed by atoms with Crippen LogP contribution < -0.4 is 5.32 Å². The van der Waals surface area contributed by atoms with Gasteiger partial charge in [0.05, 0.1) is 12.3 Å². The average molecular weight is 253 g/mol. The lowest BCUT2D eigenvalue weighted by atomic mass is 10.0. The van der Waals surface area contributed by atoms with Crippen LogP contribution in [0, 0.1) is 0 Å². The van der Waals surface area contributed by atoms with E-state index in [4.69, 9.17) is 4.74 Å². The van der Waals surface area contributed by atoms with Gasteiger partial charge in [-0.25, -0.2) is 0 Å². The van der Waals surface area contributed by atoms with Crippen molar-refractivity contribution in [1.29, 1.82) is 0 Å². The first-order valence-corrected chi connectivity index (χ1v) is 6.15. The number of aliphatic hydroxyl groups is 1. The summed E-state index contributed by atoms with van der Waals surface area (Å²) in [6.45, 7) is 3.01. The average Bonchev–Trinajstić information content (AvgIpc) is 2.93. The molecule has 1 saturated heterocycles. The number of ether oxygens (including phenoxy) is 1. The monoisotopic (exact) mass is 253 g/mol. The number of hydrogen-bond donors (Lipinski definition) is 2. The van der Waals surface area contributed by atoms with Crippen molar-refractivity contribution in [2.24, 2.45) is 7.05 Å². The second-order valence-corrected chi connectivity index (χ2v) is 4.71. The van der Waals surface area contributed by atoms with Gasteiger partial charge < -0.3 is 15.2 Å². The van der Waals surface area contributed by atoms with Crippen molar-refractivity contribution in [3.63, 3.8) is 0 Å². The van der Waals surface area contributed by atoms with Crippen molar-refractivity contribution < 1.29 is 14.6 Å². The number of aryl methyl sites for hydroxylation is 2. The van der Waals surface area contributed by atoms with Gasteiger partial charge in [-0.15, -0.1) is 0 Å². The van der Waals surface area contributed by atoms with Gasteiger partial charge in [0.1, 0.15) is 11.3 Å². The van der Waals surface area contributed by atoms with Gasteiger partial charge in [0, 0.05) is 26.6 Å². The largest absolute Gasteiger partial charge is 0.386 e. The summed E-state index contributed by atoms with van der Waals surface area (Å²) >= 11 is 0. The summed E-state index contributed by atoms with van der Waals surface area (Å²) in [5.41, 5.74) is 0.460. The number of nitrogens with zero attached hydrogens (tertiary/aromatic N) is 2. The first-order chi connectivity index (χ1) is 8.54. The van der Waals surface area contributed by atoms with Crippen LogP contribution in [0.5, 0.6) is 0 Å². The second kappa shape index (κ2) is 5.07. The summed E-state index contributed by atoms with van der Waals surface area (Å²) in [5, 5.41) is 17.0. The van der Waals surface area contributed by atoms with Gasteiger partial charge in [-0.2, -0.15) is 5.10 Å². The Hall–Kier alpha value is -1.40. The Kier molecular flexibility index (Phi) is 3.68. The predicted molar refractivity (Wildman–Crippen MR) is 65.3 cm³/mol. The molecule has 1 unspecified atom stereocenters. The molecular formula is C12H19N3O3. The first-order valence-electron chi connectivity index (χ1n) is 6.15. The van der Waals surface area contributed by atoms with Crippen molar-refractivity contribution in [2.75, 3.05) is 19.8 Å². The van der Waals surface area contributed by atoms with Gasteiger partial charge in [-0.1, -0.05) is 6.92 Å². The van der Waals surface area contributed by atoms with Gasteiger partial charge in [0.25, 0.3) is 5.91 Å². The standard InChI is InChI=1S/C12H19N3O3/c1-3-9-6-10(15(2)14-9)11(16)13-7-12(17)4-5-18-8-12/h6,17H,3-5,7-8H2,1-2H3,(H,13,16). The lowest BCUT2D eigenvalue weighted by Crippen LogP contribution is -2.43. The quantitative estimate of drug-likeness (QED) is 0.783. The van der Waals surface area contributed by atoms with E-state index < -0.39 is 5.60 Å². The van der Waals surface area contributed by atoms with Crippen LogP contribution in [-0.2, 0) is 18.2 Å². The Bertz CT molecular complexity index is 436. The number of aromatic nitrogens is 2. The van der Waals surface area contributed by atoms with Crippen molar-refractivity contribution in [3.05, 3.63) is 17.5 Å². The molecule has 1 atom stereocenters. The molecule has 2 heterocycles. The highest BCUT2D eigenvalue weighted by Crippen LogP contribution is 2.17. The topological polar surface area (TPSA) is 76.4 Å². The van der Waals surface area contributed by atoms with E-state index in [0.29, 0.717) is 18.7 Å². The molecule has 1 amide bonds. The van der Waals surface area contributed by atoms with Crippen LogP contribution in [-0.4, -0.2) is 46.2 Å². The SMILES string of the molecule is CCc1cc(C(=O)NCC2(O)CCOC2)n(C)n1. The third-order valence-electron chi connectivity index (χ3n) is 3.19. The van der Waals surface area contributed by atoms with Crippen LogP contribution in [0.4, 0.5) is 0 Å². The Balaban J connectivity index is 1.96. The number of nitrogens with one attached hydrogen (secondary N) is 1. The lowest BCUT2D eigenvalue weighted by molar-refractivity contribution is 0.0263. The van der Waals surface area contributed by atoms with Crippen molar-refractivity contribution in [3.8, 4) is 0 Å². The highest BCUT2D eigenvalue weighted by molar-refractivity contribution is 5.92. The highest BCUT2D eigenvalue weighted by Gasteiger charge is 2.32. The number of hydrogen-bond acceptors (Lipinski definition) is 4. The molecule has 1 aliphatic rings. The molecule has 6 nitrogen and oxygen atoms in total. The molecule has 2 rings (SSSR count). The number of carbonyl (C=O) groups excluding carboxylic acids is 1. The van der Waals surface area contributed by atoms with Crippen LogP contribution in [0.25, 0.3) is 0 Å². The molecule has 1 fully saturated rings. The summed E-state index contributed by atoms with van der Waals surface area (Å²) < 4.78 is 6.68. The maximum atomic E-state index is 12.0. The third kappa shape index (κ3) is 2.70. The zero-order valence-electron chi connectivity index (χ0n) is 10.8.